The Balaban J connectivity index is 1.78. The molecule has 3 aromatic rings. The van der Waals surface area contributed by atoms with E-state index in [1.807, 2.05) is 29.6 Å². The summed E-state index contributed by atoms with van der Waals surface area (Å²) < 4.78 is 27.1. The van der Waals surface area contributed by atoms with Gasteiger partial charge >= 0.3 is 5.97 Å². The smallest absolute Gasteiger partial charge is 0.344 e. The number of rotatable bonds is 9. The van der Waals surface area contributed by atoms with Gasteiger partial charge < -0.3 is 23.7 Å². The number of thiophene rings is 1. The van der Waals surface area contributed by atoms with Crippen molar-refractivity contribution in [1.82, 2.24) is 0 Å². The molecule has 0 saturated heterocycles. The number of hydrogen-bond acceptors (Lipinski definition) is 7. The lowest BCUT2D eigenvalue weighted by molar-refractivity contribution is 0.0730. The highest BCUT2D eigenvalue weighted by atomic mass is 32.1. The minimum absolute atomic E-state index is 0.399. The Hall–Kier alpha value is -3.19. The zero-order valence-corrected chi connectivity index (χ0v) is 18.2. The summed E-state index contributed by atoms with van der Waals surface area (Å²) in [5, 5.41) is 3.59. The number of carbonyl (C=O) groups excluding carboxylic acids is 1. The Morgan fingerprint density at radius 2 is 1.40 bits per heavy atom. The van der Waals surface area contributed by atoms with Crippen molar-refractivity contribution < 1.29 is 28.5 Å². The van der Waals surface area contributed by atoms with E-state index in [1.54, 1.807) is 46.0 Å². The van der Waals surface area contributed by atoms with Crippen molar-refractivity contribution in [3.63, 3.8) is 0 Å². The first-order valence-electron chi connectivity index (χ1n) is 9.29. The van der Waals surface area contributed by atoms with Gasteiger partial charge in [0.1, 0.15) is 0 Å². The van der Waals surface area contributed by atoms with E-state index in [1.165, 1.54) is 11.3 Å². The number of ether oxygens (including phenoxy) is 5. The molecule has 0 saturated carbocycles. The molecule has 0 spiro atoms. The molecular formula is C23H24O6S. The predicted molar refractivity (Wildman–Crippen MR) is 116 cm³/mol. The van der Waals surface area contributed by atoms with E-state index in [2.05, 4.69) is 0 Å². The fourth-order valence-electron chi connectivity index (χ4n) is 3.06. The van der Waals surface area contributed by atoms with Crippen LogP contribution in [0.15, 0.2) is 47.2 Å². The highest BCUT2D eigenvalue weighted by molar-refractivity contribution is 7.08. The molecule has 0 N–H and O–H groups in total. The topological polar surface area (TPSA) is 63.2 Å². The van der Waals surface area contributed by atoms with Crippen LogP contribution in [0.25, 0.3) is 0 Å². The zero-order chi connectivity index (χ0) is 21.5. The molecule has 0 aliphatic heterocycles. The Labute approximate surface area is 179 Å². The van der Waals surface area contributed by atoms with E-state index in [-0.39, 0.29) is 0 Å². The first kappa shape index (κ1) is 21.5. The average molecular weight is 429 g/mol. The van der Waals surface area contributed by atoms with Gasteiger partial charge in [-0.3, -0.25) is 0 Å². The molecule has 0 unspecified atom stereocenters. The molecule has 6 nitrogen and oxygen atoms in total. The molecule has 3 rings (SSSR count). The first-order chi connectivity index (χ1) is 14.6. The Bertz CT molecular complexity index is 972. The molecule has 0 fully saturated rings. The van der Waals surface area contributed by atoms with Gasteiger partial charge in [-0.1, -0.05) is 6.07 Å². The van der Waals surface area contributed by atoms with Crippen LogP contribution in [0.4, 0.5) is 0 Å². The first-order valence-corrected chi connectivity index (χ1v) is 10.2. The Morgan fingerprint density at radius 1 is 0.767 bits per heavy atom. The molecule has 0 radical (unpaired) electrons. The van der Waals surface area contributed by atoms with Crippen LogP contribution in [0, 0.1) is 0 Å². The maximum atomic E-state index is 12.3. The Kier molecular flexibility index (Phi) is 7.19. The molecule has 0 aliphatic carbocycles. The molecule has 7 heteroatoms. The fourth-order valence-corrected chi connectivity index (χ4v) is 3.69. The number of benzene rings is 2. The summed E-state index contributed by atoms with van der Waals surface area (Å²) in [5.74, 6) is 2.30. The second-order valence-electron chi connectivity index (χ2n) is 6.42. The van der Waals surface area contributed by atoms with Gasteiger partial charge in [0.15, 0.2) is 23.0 Å². The third-order valence-corrected chi connectivity index (χ3v) is 5.30. The van der Waals surface area contributed by atoms with Gasteiger partial charge in [0.05, 0.1) is 34.0 Å². The van der Waals surface area contributed by atoms with E-state index in [0.29, 0.717) is 34.3 Å². The minimum Gasteiger partial charge on any atom is -0.493 e. The lowest BCUT2D eigenvalue weighted by Gasteiger charge is -2.14. The summed E-state index contributed by atoms with van der Waals surface area (Å²) in [6.45, 7) is 0. The molecule has 0 bridgehead atoms. The standard InChI is InChI=1S/C23H24O6S/c1-25-18-8-7-15(11-19(18)29-23(24)17-9-10-30-14-17)5-6-16-12-20(26-2)22(28-4)21(13-16)27-3/h7-14H,5-6H2,1-4H3. The lowest BCUT2D eigenvalue weighted by Crippen LogP contribution is -2.08. The molecule has 0 aliphatic rings. The van der Waals surface area contributed by atoms with Gasteiger partial charge in [-0.2, -0.15) is 11.3 Å². The number of carbonyl (C=O) groups is 1. The van der Waals surface area contributed by atoms with Crippen LogP contribution in [0.3, 0.4) is 0 Å². The van der Waals surface area contributed by atoms with E-state index in [9.17, 15) is 4.79 Å². The van der Waals surface area contributed by atoms with Gasteiger partial charge in [0.25, 0.3) is 0 Å². The Morgan fingerprint density at radius 3 is 1.97 bits per heavy atom. The van der Waals surface area contributed by atoms with Crippen molar-refractivity contribution in [3.05, 3.63) is 63.8 Å². The van der Waals surface area contributed by atoms with Gasteiger partial charge in [-0.05, 0) is 59.7 Å². The third kappa shape index (κ3) is 4.86. The van der Waals surface area contributed by atoms with Crippen molar-refractivity contribution in [2.45, 2.75) is 12.8 Å². The maximum Gasteiger partial charge on any atom is 0.344 e. The predicted octanol–water partition coefficient (Wildman–Crippen LogP) is 4.79. The number of hydrogen-bond donors (Lipinski definition) is 0. The van der Waals surface area contributed by atoms with Crippen LogP contribution in [0.2, 0.25) is 0 Å². The van der Waals surface area contributed by atoms with Crippen LogP contribution in [-0.4, -0.2) is 34.4 Å². The fraction of sp³-hybridized carbons (Fsp3) is 0.261. The van der Waals surface area contributed by atoms with E-state index in [0.717, 1.165) is 24.0 Å². The van der Waals surface area contributed by atoms with E-state index >= 15 is 0 Å². The van der Waals surface area contributed by atoms with Crippen LogP contribution < -0.4 is 23.7 Å². The lowest BCUT2D eigenvalue weighted by atomic mass is 10.0. The normalized spacial score (nSPS) is 10.4. The zero-order valence-electron chi connectivity index (χ0n) is 17.4. The van der Waals surface area contributed by atoms with Crippen LogP contribution in [0.1, 0.15) is 21.5 Å². The molecule has 0 atom stereocenters. The van der Waals surface area contributed by atoms with Gasteiger partial charge in [0, 0.05) is 5.38 Å². The molecular weight excluding hydrogens is 404 g/mol. The van der Waals surface area contributed by atoms with Crippen LogP contribution in [-0.2, 0) is 12.8 Å². The molecule has 0 amide bonds. The van der Waals surface area contributed by atoms with Gasteiger partial charge in [-0.15, -0.1) is 0 Å². The molecule has 30 heavy (non-hydrogen) atoms. The quantitative estimate of drug-likeness (QED) is 0.361. The molecule has 2 aromatic carbocycles. The largest absolute Gasteiger partial charge is 0.493 e. The summed E-state index contributed by atoms with van der Waals surface area (Å²) in [5.41, 5.74) is 2.57. The summed E-state index contributed by atoms with van der Waals surface area (Å²) >= 11 is 1.44. The SMILES string of the molecule is COc1ccc(CCc2cc(OC)c(OC)c(OC)c2)cc1OC(=O)c1ccsc1. The van der Waals surface area contributed by atoms with Crippen LogP contribution in [0.5, 0.6) is 28.7 Å². The van der Waals surface area contributed by atoms with Crippen LogP contribution >= 0.6 is 11.3 Å². The van der Waals surface area contributed by atoms with E-state index in [4.69, 9.17) is 23.7 Å². The van der Waals surface area contributed by atoms with Crippen molar-refractivity contribution in [2.75, 3.05) is 28.4 Å². The van der Waals surface area contributed by atoms with Crippen molar-refractivity contribution in [2.24, 2.45) is 0 Å². The van der Waals surface area contributed by atoms with E-state index < -0.39 is 5.97 Å². The number of esters is 1. The molecule has 1 heterocycles. The van der Waals surface area contributed by atoms with Crippen molar-refractivity contribution in [1.29, 1.82) is 0 Å². The second kappa shape index (κ2) is 10.0. The number of methoxy groups -OCH3 is 4. The average Bonchev–Trinajstić information content (AvgIpc) is 3.32. The third-order valence-electron chi connectivity index (χ3n) is 4.61. The van der Waals surface area contributed by atoms with Crippen molar-refractivity contribution >= 4 is 17.3 Å². The van der Waals surface area contributed by atoms with Gasteiger partial charge in [-0.25, -0.2) is 4.79 Å². The summed E-state index contributed by atoms with van der Waals surface area (Å²) in [6, 6.07) is 11.2. The number of aryl methyl sites for hydroxylation is 2. The minimum atomic E-state index is -0.406. The second-order valence-corrected chi connectivity index (χ2v) is 7.20. The molecule has 158 valence electrons. The van der Waals surface area contributed by atoms with Gasteiger partial charge in [0.2, 0.25) is 5.75 Å². The monoisotopic (exact) mass is 428 g/mol. The maximum absolute atomic E-state index is 12.3. The summed E-state index contributed by atoms with van der Waals surface area (Å²) in [4.78, 5) is 12.3. The summed E-state index contributed by atoms with van der Waals surface area (Å²) in [7, 11) is 6.32. The highest BCUT2D eigenvalue weighted by Crippen LogP contribution is 2.38. The molecule has 1 aromatic heterocycles. The van der Waals surface area contributed by atoms with Crippen molar-refractivity contribution in [3.8, 4) is 28.7 Å². The highest BCUT2D eigenvalue weighted by Gasteiger charge is 2.15. The summed E-state index contributed by atoms with van der Waals surface area (Å²) in [6.07, 6.45) is 1.46.